The van der Waals surface area contributed by atoms with Crippen molar-refractivity contribution < 1.29 is 23.8 Å². The van der Waals surface area contributed by atoms with Crippen LogP contribution in [0.1, 0.15) is 48.4 Å². The van der Waals surface area contributed by atoms with E-state index >= 15 is 0 Å². The van der Waals surface area contributed by atoms with Gasteiger partial charge in [-0.3, -0.25) is 14.5 Å². The SMILES string of the molecule is CC(C)Oc1ccc(OC(C)C)c(OCCN2C(=O)c3ccccc3C2=O)c1. The lowest BCUT2D eigenvalue weighted by molar-refractivity contribution is 0.0630. The van der Waals surface area contributed by atoms with Crippen molar-refractivity contribution in [2.24, 2.45) is 0 Å². The van der Waals surface area contributed by atoms with Gasteiger partial charge in [-0.2, -0.15) is 0 Å². The van der Waals surface area contributed by atoms with Crippen molar-refractivity contribution in [3.63, 3.8) is 0 Å². The molecule has 3 rings (SSSR count). The van der Waals surface area contributed by atoms with E-state index in [2.05, 4.69) is 0 Å². The van der Waals surface area contributed by atoms with Crippen LogP contribution in [0, 0.1) is 0 Å². The maximum Gasteiger partial charge on any atom is 0.261 e. The molecule has 6 nitrogen and oxygen atoms in total. The van der Waals surface area contributed by atoms with Gasteiger partial charge in [-0.25, -0.2) is 0 Å². The van der Waals surface area contributed by atoms with Crippen LogP contribution >= 0.6 is 0 Å². The molecular weight excluding hydrogens is 358 g/mol. The maximum atomic E-state index is 12.4. The van der Waals surface area contributed by atoms with E-state index in [0.717, 1.165) is 0 Å². The first-order valence-corrected chi connectivity index (χ1v) is 9.42. The van der Waals surface area contributed by atoms with Crippen molar-refractivity contribution in [2.45, 2.75) is 39.9 Å². The molecule has 2 amide bonds. The summed E-state index contributed by atoms with van der Waals surface area (Å²) in [5.41, 5.74) is 0.868. The maximum absolute atomic E-state index is 12.4. The normalized spacial score (nSPS) is 13.3. The van der Waals surface area contributed by atoms with E-state index in [9.17, 15) is 9.59 Å². The third-order valence-electron chi connectivity index (χ3n) is 4.10. The zero-order chi connectivity index (χ0) is 20.3. The van der Waals surface area contributed by atoms with Crippen LogP contribution in [0.25, 0.3) is 0 Å². The molecule has 28 heavy (non-hydrogen) atoms. The molecular formula is C22H25NO5. The van der Waals surface area contributed by atoms with Gasteiger partial charge in [0.2, 0.25) is 0 Å². The van der Waals surface area contributed by atoms with E-state index in [0.29, 0.717) is 28.4 Å². The smallest absolute Gasteiger partial charge is 0.261 e. The first-order chi connectivity index (χ1) is 13.4. The molecule has 148 valence electrons. The first kappa shape index (κ1) is 19.7. The largest absolute Gasteiger partial charge is 0.491 e. The Morgan fingerprint density at radius 3 is 2.00 bits per heavy atom. The summed E-state index contributed by atoms with van der Waals surface area (Å²) in [5.74, 6) is 1.19. The van der Waals surface area contributed by atoms with E-state index in [1.54, 1.807) is 36.4 Å². The van der Waals surface area contributed by atoms with Gasteiger partial charge in [0.25, 0.3) is 11.8 Å². The lowest BCUT2D eigenvalue weighted by Gasteiger charge is -2.19. The number of imide groups is 1. The van der Waals surface area contributed by atoms with Crippen LogP contribution in [0.4, 0.5) is 0 Å². The Bertz CT molecular complexity index is 840. The third-order valence-corrected chi connectivity index (χ3v) is 4.10. The number of rotatable bonds is 8. The number of carbonyl (C=O) groups excluding carboxylic acids is 2. The lowest BCUT2D eigenvalue weighted by atomic mass is 10.1. The quantitative estimate of drug-likeness (QED) is 0.646. The fourth-order valence-electron chi connectivity index (χ4n) is 2.99. The van der Waals surface area contributed by atoms with Crippen molar-refractivity contribution in [2.75, 3.05) is 13.2 Å². The summed E-state index contributed by atoms with van der Waals surface area (Å²) in [6, 6.07) is 12.2. The van der Waals surface area contributed by atoms with Crippen LogP contribution in [0.3, 0.4) is 0 Å². The van der Waals surface area contributed by atoms with Gasteiger partial charge in [0.15, 0.2) is 11.5 Å². The fraction of sp³-hybridized carbons (Fsp3) is 0.364. The van der Waals surface area contributed by atoms with E-state index in [1.807, 2.05) is 33.8 Å². The molecule has 2 aromatic rings. The number of ether oxygens (including phenoxy) is 3. The Hall–Kier alpha value is -3.02. The van der Waals surface area contributed by atoms with Gasteiger partial charge in [-0.05, 0) is 52.0 Å². The van der Waals surface area contributed by atoms with Gasteiger partial charge in [0.05, 0.1) is 29.9 Å². The molecule has 0 spiro atoms. The van der Waals surface area contributed by atoms with Gasteiger partial charge in [0.1, 0.15) is 12.4 Å². The zero-order valence-electron chi connectivity index (χ0n) is 16.6. The van der Waals surface area contributed by atoms with Gasteiger partial charge in [-0.1, -0.05) is 12.1 Å². The molecule has 0 aromatic heterocycles. The average molecular weight is 383 g/mol. The Balaban J connectivity index is 1.70. The molecule has 1 heterocycles. The van der Waals surface area contributed by atoms with Crippen LogP contribution in [0.5, 0.6) is 17.2 Å². The molecule has 6 heteroatoms. The van der Waals surface area contributed by atoms with Crippen LogP contribution in [0.2, 0.25) is 0 Å². The Morgan fingerprint density at radius 2 is 1.43 bits per heavy atom. The van der Waals surface area contributed by atoms with Crippen LogP contribution in [0.15, 0.2) is 42.5 Å². The topological polar surface area (TPSA) is 65.1 Å². The summed E-state index contributed by atoms with van der Waals surface area (Å²) in [4.78, 5) is 26.1. The zero-order valence-corrected chi connectivity index (χ0v) is 16.6. The summed E-state index contributed by atoms with van der Waals surface area (Å²) >= 11 is 0. The van der Waals surface area contributed by atoms with Crippen molar-refractivity contribution in [3.8, 4) is 17.2 Å². The second-order valence-electron chi connectivity index (χ2n) is 7.10. The molecule has 0 bridgehead atoms. The number of benzene rings is 2. The molecule has 2 aromatic carbocycles. The van der Waals surface area contributed by atoms with Crippen molar-refractivity contribution in [1.82, 2.24) is 4.90 Å². The number of nitrogens with zero attached hydrogens (tertiary/aromatic N) is 1. The summed E-state index contributed by atoms with van der Waals surface area (Å²) < 4.78 is 17.4. The predicted molar refractivity (Wildman–Crippen MR) is 105 cm³/mol. The number of hydrogen-bond donors (Lipinski definition) is 0. The van der Waals surface area contributed by atoms with Crippen LogP contribution in [-0.2, 0) is 0 Å². The monoisotopic (exact) mass is 383 g/mol. The van der Waals surface area contributed by atoms with E-state index in [1.165, 1.54) is 4.90 Å². The molecule has 0 radical (unpaired) electrons. The highest BCUT2D eigenvalue weighted by Crippen LogP contribution is 2.33. The fourth-order valence-corrected chi connectivity index (χ4v) is 2.99. The molecule has 1 aliphatic heterocycles. The van der Waals surface area contributed by atoms with Gasteiger partial charge >= 0.3 is 0 Å². The molecule has 0 saturated heterocycles. The van der Waals surface area contributed by atoms with Gasteiger partial charge in [-0.15, -0.1) is 0 Å². The number of amides is 2. The summed E-state index contributed by atoms with van der Waals surface area (Å²) in [6.07, 6.45) is 0.0125. The molecule has 0 atom stereocenters. The van der Waals surface area contributed by atoms with Crippen molar-refractivity contribution in [3.05, 3.63) is 53.6 Å². The van der Waals surface area contributed by atoms with Gasteiger partial charge < -0.3 is 14.2 Å². The molecule has 0 unspecified atom stereocenters. The highest BCUT2D eigenvalue weighted by molar-refractivity contribution is 6.21. The minimum atomic E-state index is -0.292. The highest BCUT2D eigenvalue weighted by Gasteiger charge is 2.34. The van der Waals surface area contributed by atoms with Crippen LogP contribution in [-0.4, -0.2) is 42.1 Å². The molecule has 0 fully saturated rings. The second-order valence-corrected chi connectivity index (χ2v) is 7.10. The van der Waals surface area contributed by atoms with Crippen molar-refractivity contribution >= 4 is 11.8 Å². The minimum Gasteiger partial charge on any atom is -0.491 e. The Labute approximate surface area is 165 Å². The van der Waals surface area contributed by atoms with E-state index < -0.39 is 0 Å². The summed E-state index contributed by atoms with van der Waals surface area (Å²) in [5, 5.41) is 0. The van der Waals surface area contributed by atoms with Crippen LogP contribution < -0.4 is 14.2 Å². The number of carbonyl (C=O) groups is 2. The number of hydrogen-bond acceptors (Lipinski definition) is 5. The standard InChI is InChI=1S/C22H25NO5/c1-14(2)27-16-9-10-19(28-15(3)4)20(13-16)26-12-11-23-21(24)17-7-5-6-8-18(17)22(23)25/h5-10,13-15H,11-12H2,1-4H3. The second kappa shape index (κ2) is 8.33. The Morgan fingerprint density at radius 1 is 0.821 bits per heavy atom. The molecule has 0 saturated carbocycles. The Kier molecular flexibility index (Phi) is 5.87. The third kappa shape index (κ3) is 4.27. The number of fused-ring (bicyclic) bond motifs is 1. The lowest BCUT2D eigenvalue weighted by Crippen LogP contribution is -2.33. The average Bonchev–Trinajstić information content (AvgIpc) is 2.88. The molecule has 1 aliphatic rings. The first-order valence-electron chi connectivity index (χ1n) is 9.42. The van der Waals surface area contributed by atoms with Gasteiger partial charge in [0, 0.05) is 6.07 Å². The minimum absolute atomic E-state index is 0.0181. The summed E-state index contributed by atoms with van der Waals surface area (Å²) in [6.45, 7) is 8.07. The van der Waals surface area contributed by atoms with E-state index in [-0.39, 0.29) is 37.2 Å². The highest BCUT2D eigenvalue weighted by atomic mass is 16.5. The predicted octanol–water partition coefficient (Wildman–Crippen LogP) is 3.94. The van der Waals surface area contributed by atoms with Crippen molar-refractivity contribution in [1.29, 1.82) is 0 Å². The molecule has 0 aliphatic carbocycles. The van der Waals surface area contributed by atoms with E-state index in [4.69, 9.17) is 14.2 Å². The molecule has 0 N–H and O–H groups in total. The summed E-state index contributed by atoms with van der Waals surface area (Å²) in [7, 11) is 0.